The Morgan fingerprint density at radius 2 is 1.59 bits per heavy atom. The molecule has 0 aliphatic rings. The molecule has 11 heteroatoms. The fraction of sp³-hybridized carbons (Fsp3) is 0.212. The topological polar surface area (TPSA) is 160 Å². The highest BCUT2D eigenvalue weighted by atomic mass is 17.1. The SMILES string of the molecule is CCc1cc(Cc2ccc(NC(=O)c3c(C(=O)O)cccc3[N+](=O)[O-])c(C)c2)ccc1NOCc1c(C)cccc1COO. The van der Waals surface area contributed by atoms with E-state index in [0.29, 0.717) is 12.1 Å². The molecule has 0 saturated heterocycles. The van der Waals surface area contributed by atoms with Gasteiger partial charge in [-0.15, -0.1) is 0 Å². The van der Waals surface area contributed by atoms with E-state index in [1.807, 2.05) is 49.4 Å². The molecule has 4 aromatic carbocycles. The van der Waals surface area contributed by atoms with Gasteiger partial charge in [-0.25, -0.2) is 9.68 Å². The van der Waals surface area contributed by atoms with E-state index in [4.69, 9.17) is 10.1 Å². The van der Waals surface area contributed by atoms with Gasteiger partial charge >= 0.3 is 5.97 Å². The standard InChI is InChI=1S/C33H33N3O8/c1-4-24-17-23(12-14-29(24)35-43-19-27-20(2)7-5-8-25(27)18-44-42)16-22-11-13-28(21(3)15-22)34-32(37)31-26(33(38)39)9-6-10-30(31)36(40)41/h5-15,17,35,42H,4,16,18-19H2,1-3H3,(H,34,37)(H,38,39). The summed E-state index contributed by atoms with van der Waals surface area (Å²) in [6.45, 7) is 6.18. The number of carboxylic acid groups (broad SMARTS) is 1. The lowest BCUT2D eigenvalue weighted by atomic mass is 9.99. The number of hydrogen-bond acceptors (Lipinski definition) is 8. The Morgan fingerprint density at radius 1 is 0.886 bits per heavy atom. The van der Waals surface area contributed by atoms with Gasteiger partial charge in [0.2, 0.25) is 0 Å². The van der Waals surface area contributed by atoms with Crippen LogP contribution in [0.2, 0.25) is 0 Å². The largest absolute Gasteiger partial charge is 0.478 e. The number of nitrogens with zero attached hydrogens (tertiary/aromatic N) is 1. The fourth-order valence-electron chi connectivity index (χ4n) is 5.02. The number of carbonyl (C=O) groups is 2. The number of benzene rings is 4. The molecule has 228 valence electrons. The van der Waals surface area contributed by atoms with Crippen LogP contribution in [0.1, 0.15) is 66.6 Å². The quantitative estimate of drug-likeness (QED) is 0.0732. The van der Waals surface area contributed by atoms with Gasteiger partial charge in [-0.2, -0.15) is 0 Å². The predicted octanol–water partition coefficient (Wildman–Crippen LogP) is 6.85. The molecule has 0 radical (unpaired) electrons. The molecule has 0 unspecified atom stereocenters. The predicted molar refractivity (Wildman–Crippen MR) is 165 cm³/mol. The van der Waals surface area contributed by atoms with Crippen molar-refractivity contribution in [2.45, 2.75) is 46.8 Å². The lowest BCUT2D eigenvalue weighted by Crippen LogP contribution is -2.19. The molecule has 4 aromatic rings. The average Bonchev–Trinajstić information content (AvgIpc) is 3.00. The van der Waals surface area contributed by atoms with Gasteiger partial charge < -0.3 is 10.4 Å². The molecule has 0 fully saturated rings. The number of nitrogens with one attached hydrogen (secondary N) is 2. The van der Waals surface area contributed by atoms with Crippen LogP contribution < -0.4 is 10.8 Å². The summed E-state index contributed by atoms with van der Waals surface area (Å²) in [5, 5.41) is 32.5. The lowest BCUT2D eigenvalue weighted by molar-refractivity contribution is -0.385. The van der Waals surface area contributed by atoms with E-state index in [-0.39, 0.29) is 13.2 Å². The third-order valence-corrected chi connectivity index (χ3v) is 7.32. The van der Waals surface area contributed by atoms with Crippen LogP contribution in [-0.2, 0) is 35.8 Å². The highest BCUT2D eigenvalue weighted by Gasteiger charge is 2.27. The van der Waals surface area contributed by atoms with Crippen LogP contribution >= 0.6 is 0 Å². The fourth-order valence-corrected chi connectivity index (χ4v) is 5.02. The van der Waals surface area contributed by atoms with Gasteiger partial charge in [0.15, 0.2) is 0 Å². The van der Waals surface area contributed by atoms with Crippen molar-refractivity contribution < 1.29 is 34.6 Å². The maximum atomic E-state index is 13.0. The van der Waals surface area contributed by atoms with Gasteiger partial charge in [0.25, 0.3) is 11.6 Å². The molecule has 44 heavy (non-hydrogen) atoms. The van der Waals surface area contributed by atoms with Crippen molar-refractivity contribution in [3.8, 4) is 0 Å². The Hall–Kier alpha value is -5.10. The summed E-state index contributed by atoms with van der Waals surface area (Å²) in [4.78, 5) is 45.5. The number of hydrogen-bond donors (Lipinski definition) is 4. The van der Waals surface area contributed by atoms with Gasteiger partial charge in [-0.1, -0.05) is 55.5 Å². The van der Waals surface area contributed by atoms with E-state index in [1.165, 1.54) is 6.07 Å². The van der Waals surface area contributed by atoms with Gasteiger partial charge in [0.1, 0.15) is 18.8 Å². The zero-order chi connectivity index (χ0) is 31.8. The normalized spacial score (nSPS) is 10.8. The number of nitro benzene ring substituents is 1. The Kier molecular flexibility index (Phi) is 10.4. The van der Waals surface area contributed by atoms with Gasteiger partial charge in [-0.3, -0.25) is 30.5 Å². The summed E-state index contributed by atoms with van der Waals surface area (Å²) in [6, 6.07) is 20.7. The number of nitro groups is 1. The number of aromatic carboxylic acids is 1. The molecule has 4 N–H and O–H groups in total. The van der Waals surface area contributed by atoms with Crippen LogP contribution in [0, 0.1) is 24.0 Å². The first kappa shape index (κ1) is 31.8. The number of aryl methyl sites for hydroxylation is 3. The third kappa shape index (κ3) is 7.45. The van der Waals surface area contributed by atoms with Crippen LogP contribution in [0.15, 0.2) is 72.8 Å². The van der Waals surface area contributed by atoms with Crippen LogP contribution in [0.5, 0.6) is 0 Å². The molecule has 0 aliphatic carbocycles. The van der Waals surface area contributed by atoms with Crippen molar-refractivity contribution in [2.24, 2.45) is 0 Å². The maximum absolute atomic E-state index is 13.0. The first-order valence-electron chi connectivity index (χ1n) is 13.9. The molecular formula is C33H33N3O8. The number of carbonyl (C=O) groups excluding carboxylic acids is 1. The molecule has 1 amide bonds. The number of carboxylic acids is 1. The highest BCUT2D eigenvalue weighted by molar-refractivity contribution is 6.13. The van der Waals surface area contributed by atoms with Crippen molar-refractivity contribution in [3.05, 3.63) is 133 Å². The lowest BCUT2D eigenvalue weighted by Gasteiger charge is -2.16. The number of amides is 1. The zero-order valence-electron chi connectivity index (χ0n) is 24.5. The first-order chi connectivity index (χ1) is 21.1. The molecule has 0 atom stereocenters. The second-order valence-corrected chi connectivity index (χ2v) is 10.3. The Balaban J connectivity index is 1.45. The highest BCUT2D eigenvalue weighted by Crippen LogP contribution is 2.27. The van der Waals surface area contributed by atoms with Crippen molar-refractivity contribution in [2.75, 3.05) is 10.8 Å². The molecule has 4 rings (SSSR count). The summed E-state index contributed by atoms with van der Waals surface area (Å²) < 4.78 is 0. The Labute approximate surface area is 254 Å². The molecular weight excluding hydrogens is 566 g/mol. The van der Waals surface area contributed by atoms with Crippen LogP contribution in [0.25, 0.3) is 0 Å². The van der Waals surface area contributed by atoms with Crippen LogP contribution in [0.4, 0.5) is 17.1 Å². The van der Waals surface area contributed by atoms with Gasteiger partial charge in [-0.05, 0) is 83.8 Å². The summed E-state index contributed by atoms with van der Waals surface area (Å²) in [7, 11) is 0. The number of anilines is 2. The maximum Gasteiger partial charge on any atom is 0.336 e. The number of rotatable bonds is 13. The summed E-state index contributed by atoms with van der Waals surface area (Å²) in [5.41, 5.74) is 9.40. The minimum atomic E-state index is -1.43. The van der Waals surface area contributed by atoms with E-state index in [0.717, 1.165) is 63.2 Å². The van der Waals surface area contributed by atoms with Crippen molar-refractivity contribution in [3.63, 3.8) is 0 Å². The van der Waals surface area contributed by atoms with Crippen molar-refractivity contribution in [1.29, 1.82) is 0 Å². The molecule has 0 bridgehead atoms. The monoisotopic (exact) mass is 599 g/mol. The minimum absolute atomic E-state index is 0.0727. The van der Waals surface area contributed by atoms with E-state index in [2.05, 4.69) is 28.7 Å². The summed E-state index contributed by atoms with van der Waals surface area (Å²) in [5.74, 6) is -2.30. The Morgan fingerprint density at radius 3 is 2.25 bits per heavy atom. The van der Waals surface area contributed by atoms with Crippen molar-refractivity contribution >= 4 is 28.9 Å². The van der Waals surface area contributed by atoms with Gasteiger partial charge in [0, 0.05) is 11.8 Å². The smallest absolute Gasteiger partial charge is 0.336 e. The zero-order valence-corrected chi connectivity index (χ0v) is 24.5. The molecule has 0 saturated carbocycles. The van der Waals surface area contributed by atoms with E-state index >= 15 is 0 Å². The van der Waals surface area contributed by atoms with E-state index in [9.17, 15) is 24.8 Å². The molecule has 0 aromatic heterocycles. The molecule has 0 heterocycles. The van der Waals surface area contributed by atoms with Gasteiger partial charge in [0.05, 0.1) is 16.2 Å². The van der Waals surface area contributed by atoms with Crippen molar-refractivity contribution in [1.82, 2.24) is 0 Å². The molecule has 0 aliphatic heterocycles. The third-order valence-electron chi connectivity index (χ3n) is 7.32. The minimum Gasteiger partial charge on any atom is -0.478 e. The van der Waals surface area contributed by atoms with Crippen LogP contribution in [0.3, 0.4) is 0 Å². The Bertz CT molecular complexity index is 1670. The van der Waals surface area contributed by atoms with Crippen LogP contribution in [-0.4, -0.2) is 27.2 Å². The first-order valence-corrected chi connectivity index (χ1v) is 13.9. The van der Waals surface area contributed by atoms with E-state index < -0.39 is 33.6 Å². The summed E-state index contributed by atoms with van der Waals surface area (Å²) in [6.07, 6.45) is 1.38. The second kappa shape index (κ2) is 14.4. The molecule has 0 spiro atoms. The average molecular weight is 600 g/mol. The molecule has 11 nitrogen and oxygen atoms in total. The van der Waals surface area contributed by atoms with E-state index in [1.54, 1.807) is 13.0 Å². The second-order valence-electron chi connectivity index (χ2n) is 10.3. The summed E-state index contributed by atoms with van der Waals surface area (Å²) >= 11 is 0.